The number of nitrogens with two attached hydrogens (primary N) is 1. The van der Waals surface area contributed by atoms with Crippen LogP contribution in [0.1, 0.15) is 43.1 Å². The predicted molar refractivity (Wildman–Crippen MR) is 88.1 cm³/mol. The summed E-state index contributed by atoms with van der Waals surface area (Å²) in [7, 11) is 0. The van der Waals surface area contributed by atoms with Crippen LogP contribution in [0.4, 0.5) is 5.69 Å². The van der Waals surface area contributed by atoms with Crippen LogP contribution in [0.2, 0.25) is 0 Å². The van der Waals surface area contributed by atoms with Gasteiger partial charge < -0.3 is 16.4 Å². The molecule has 5 nitrogen and oxygen atoms in total. The van der Waals surface area contributed by atoms with Crippen molar-refractivity contribution in [2.45, 2.75) is 39.7 Å². The van der Waals surface area contributed by atoms with Crippen LogP contribution in [0.15, 0.2) is 16.6 Å². The van der Waals surface area contributed by atoms with Gasteiger partial charge in [-0.15, -0.1) is 0 Å². The van der Waals surface area contributed by atoms with Crippen LogP contribution in [-0.4, -0.2) is 23.9 Å². The molecule has 21 heavy (non-hydrogen) atoms. The van der Waals surface area contributed by atoms with E-state index in [9.17, 15) is 9.59 Å². The molecule has 2 amide bonds. The topological polar surface area (TPSA) is 84.2 Å². The molecule has 0 aliphatic carbocycles. The average molecular weight is 356 g/mol. The molecule has 0 saturated heterocycles. The van der Waals surface area contributed by atoms with Crippen molar-refractivity contribution in [3.63, 3.8) is 0 Å². The molecule has 0 aliphatic rings. The maximum atomic E-state index is 12.1. The van der Waals surface area contributed by atoms with Crippen molar-refractivity contribution in [1.29, 1.82) is 0 Å². The minimum absolute atomic E-state index is 0.0896. The lowest BCUT2D eigenvalue weighted by Crippen LogP contribution is -2.42. The number of rotatable bonds is 4. The predicted octanol–water partition coefficient (Wildman–Crippen LogP) is 2.37. The summed E-state index contributed by atoms with van der Waals surface area (Å²) in [6.07, 6.45) is 0.242. The first-order valence-corrected chi connectivity index (χ1v) is 7.54. The van der Waals surface area contributed by atoms with E-state index in [1.165, 1.54) is 0 Å². The Morgan fingerprint density at radius 1 is 1.29 bits per heavy atom. The van der Waals surface area contributed by atoms with E-state index in [1.807, 2.05) is 20.8 Å². The van der Waals surface area contributed by atoms with E-state index in [0.717, 1.165) is 10.0 Å². The zero-order chi connectivity index (χ0) is 16.2. The lowest BCUT2D eigenvalue weighted by molar-refractivity contribution is -0.122. The highest BCUT2D eigenvalue weighted by Crippen LogP contribution is 2.22. The van der Waals surface area contributed by atoms with Gasteiger partial charge in [0.15, 0.2) is 0 Å². The van der Waals surface area contributed by atoms with E-state index in [2.05, 4.69) is 26.6 Å². The Bertz CT molecular complexity index is 551. The number of benzene rings is 1. The van der Waals surface area contributed by atoms with E-state index in [1.54, 1.807) is 19.1 Å². The molecule has 0 fully saturated rings. The normalized spacial score (nSPS) is 11.1. The smallest absolute Gasteiger partial charge is 0.251 e. The number of amides is 2. The summed E-state index contributed by atoms with van der Waals surface area (Å²) in [6, 6.07) is 3.47. The van der Waals surface area contributed by atoms with Gasteiger partial charge in [-0.25, -0.2) is 0 Å². The number of carbonyl (C=O) groups excluding carboxylic acids is 2. The van der Waals surface area contributed by atoms with Crippen LogP contribution >= 0.6 is 15.9 Å². The van der Waals surface area contributed by atoms with Gasteiger partial charge in [-0.1, -0.05) is 15.9 Å². The third-order valence-electron chi connectivity index (χ3n) is 2.81. The van der Waals surface area contributed by atoms with Gasteiger partial charge in [-0.3, -0.25) is 9.59 Å². The second kappa shape index (κ2) is 6.93. The van der Waals surface area contributed by atoms with Crippen LogP contribution in [0.25, 0.3) is 0 Å². The number of nitrogen functional groups attached to an aromatic ring is 1. The van der Waals surface area contributed by atoms with Crippen molar-refractivity contribution in [1.82, 2.24) is 10.6 Å². The molecule has 1 rings (SSSR count). The zero-order valence-corrected chi connectivity index (χ0v) is 14.4. The summed E-state index contributed by atoms with van der Waals surface area (Å²) < 4.78 is 0.751. The lowest BCUT2D eigenvalue weighted by atomic mass is 10.1. The lowest BCUT2D eigenvalue weighted by Gasteiger charge is -2.20. The quantitative estimate of drug-likeness (QED) is 0.724. The second-order valence-electron chi connectivity index (χ2n) is 5.97. The zero-order valence-electron chi connectivity index (χ0n) is 12.8. The van der Waals surface area contributed by atoms with Crippen LogP contribution in [0, 0.1) is 6.92 Å². The first-order chi connectivity index (χ1) is 9.60. The van der Waals surface area contributed by atoms with Crippen LogP contribution in [0.3, 0.4) is 0 Å². The second-order valence-corrected chi connectivity index (χ2v) is 6.89. The molecule has 0 radical (unpaired) electrons. The Labute approximate surface area is 133 Å². The number of hydrogen-bond donors (Lipinski definition) is 3. The SMILES string of the molecule is Cc1c(N)cc(Br)cc1C(=O)NCCC(=O)NC(C)(C)C. The van der Waals surface area contributed by atoms with E-state index >= 15 is 0 Å². The van der Waals surface area contributed by atoms with Crippen molar-refractivity contribution < 1.29 is 9.59 Å². The van der Waals surface area contributed by atoms with Crippen LogP contribution in [-0.2, 0) is 4.79 Å². The minimum atomic E-state index is -0.267. The Morgan fingerprint density at radius 3 is 2.48 bits per heavy atom. The fourth-order valence-electron chi connectivity index (χ4n) is 1.80. The molecule has 4 N–H and O–H groups in total. The molecular formula is C15H22BrN3O2. The molecule has 0 aromatic heterocycles. The standard InChI is InChI=1S/C15H22BrN3O2/c1-9-11(7-10(16)8-12(9)17)14(21)18-6-5-13(20)19-15(2,3)4/h7-8H,5-6,17H2,1-4H3,(H,18,21)(H,19,20). The van der Waals surface area contributed by atoms with E-state index < -0.39 is 0 Å². The van der Waals surface area contributed by atoms with Crippen molar-refractivity contribution in [3.05, 3.63) is 27.7 Å². The Kier molecular flexibility index (Phi) is 5.78. The molecule has 0 unspecified atom stereocenters. The van der Waals surface area contributed by atoms with E-state index in [4.69, 9.17) is 5.73 Å². The molecule has 0 atom stereocenters. The Hall–Kier alpha value is -1.56. The van der Waals surface area contributed by atoms with Gasteiger partial charge in [0.25, 0.3) is 5.91 Å². The molecular weight excluding hydrogens is 334 g/mol. The van der Waals surface area contributed by atoms with Crippen molar-refractivity contribution in [2.75, 3.05) is 12.3 Å². The summed E-state index contributed by atoms with van der Waals surface area (Å²) in [6.45, 7) is 7.82. The van der Waals surface area contributed by atoms with E-state index in [-0.39, 0.29) is 30.3 Å². The fourth-order valence-corrected chi connectivity index (χ4v) is 2.28. The number of carbonyl (C=O) groups is 2. The first kappa shape index (κ1) is 17.5. The Balaban J connectivity index is 2.58. The van der Waals surface area contributed by atoms with Gasteiger partial charge in [0.05, 0.1) is 0 Å². The van der Waals surface area contributed by atoms with Crippen LogP contribution in [0.5, 0.6) is 0 Å². The average Bonchev–Trinajstić information content (AvgIpc) is 2.31. The number of halogens is 1. The molecule has 1 aromatic carbocycles. The van der Waals surface area contributed by atoms with Crippen molar-refractivity contribution in [2.24, 2.45) is 0 Å². The van der Waals surface area contributed by atoms with Crippen molar-refractivity contribution >= 4 is 33.4 Å². The third-order valence-corrected chi connectivity index (χ3v) is 3.27. The van der Waals surface area contributed by atoms with Crippen LogP contribution < -0.4 is 16.4 Å². The molecule has 0 saturated carbocycles. The number of hydrogen-bond acceptors (Lipinski definition) is 3. The summed E-state index contributed by atoms with van der Waals surface area (Å²) in [5.74, 6) is -0.322. The maximum Gasteiger partial charge on any atom is 0.251 e. The first-order valence-electron chi connectivity index (χ1n) is 6.75. The monoisotopic (exact) mass is 355 g/mol. The fraction of sp³-hybridized carbons (Fsp3) is 0.467. The molecule has 0 bridgehead atoms. The van der Waals surface area contributed by atoms with Crippen molar-refractivity contribution in [3.8, 4) is 0 Å². The minimum Gasteiger partial charge on any atom is -0.398 e. The highest BCUT2D eigenvalue weighted by Gasteiger charge is 2.15. The molecule has 0 aliphatic heterocycles. The van der Waals surface area contributed by atoms with Gasteiger partial charge >= 0.3 is 0 Å². The van der Waals surface area contributed by atoms with Gasteiger partial charge in [0.1, 0.15) is 0 Å². The molecule has 6 heteroatoms. The third kappa shape index (κ3) is 5.75. The molecule has 0 heterocycles. The Morgan fingerprint density at radius 2 is 1.90 bits per heavy atom. The molecule has 1 aromatic rings. The summed E-state index contributed by atoms with van der Waals surface area (Å²) in [5, 5.41) is 5.58. The molecule has 0 spiro atoms. The van der Waals surface area contributed by atoms with Gasteiger partial charge in [-0.2, -0.15) is 0 Å². The summed E-state index contributed by atoms with van der Waals surface area (Å²) in [5.41, 5.74) is 7.36. The largest absolute Gasteiger partial charge is 0.398 e. The maximum absolute atomic E-state index is 12.1. The van der Waals surface area contributed by atoms with Gasteiger partial charge in [-0.05, 0) is 45.4 Å². The van der Waals surface area contributed by atoms with Gasteiger partial charge in [0, 0.05) is 34.2 Å². The highest BCUT2D eigenvalue weighted by atomic mass is 79.9. The molecule has 116 valence electrons. The van der Waals surface area contributed by atoms with E-state index in [0.29, 0.717) is 11.3 Å². The summed E-state index contributed by atoms with van der Waals surface area (Å²) in [4.78, 5) is 23.8. The number of nitrogens with one attached hydrogen (secondary N) is 2. The highest BCUT2D eigenvalue weighted by molar-refractivity contribution is 9.10. The van der Waals surface area contributed by atoms with Gasteiger partial charge in [0.2, 0.25) is 5.91 Å². The number of anilines is 1. The summed E-state index contributed by atoms with van der Waals surface area (Å²) >= 11 is 3.32.